The first kappa shape index (κ1) is 19.2. The van der Waals surface area contributed by atoms with Gasteiger partial charge in [0.05, 0.1) is 31.9 Å². The van der Waals surface area contributed by atoms with Gasteiger partial charge in [0.15, 0.2) is 0 Å². The minimum absolute atomic E-state index is 0.197. The second-order valence-electron chi connectivity index (χ2n) is 6.89. The zero-order valence-corrected chi connectivity index (χ0v) is 16.0. The molecule has 144 valence electrons. The van der Waals surface area contributed by atoms with Crippen LogP contribution >= 0.6 is 0 Å². The highest BCUT2D eigenvalue weighted by Crippen LogP contribution is 2.38. The molecule has 0 bridgehead atoms. The van der Waals surface area contributed by atoms with Crippen LogP contribution in [0.4, 0.5) is 0 Å². The Bertz CT molecular complexity index is 809. The van der Waals surface area contributed by atoms with Gasteiger partial charge in [-0.15, -0.1) is 0 Å². The number of hydrogen-bond donors (Lipinski definition) is 1. The normalized spacial score (nSPS) is 18.7. The molecule has 1 fully saturated rings. The molecule has 2 aromatic rings. The number of rotatable bonds is 6. The minimum Gasteiger partial charge on any atom is -0.497 e. The number of ether oxygens (including phenoxy) is 2. The molecular formula is C21H26N2O4. The van der Waals surface area contributed by atoms with Crippen molar-refractivity contribution in [3.63, 3.8) is 0 Å². The van der Waals surface area contributed by atoms with E-state index in [1.165, 1.54) is 0 Å². The van der Waals surface area contributed by atoms with Crippen LogP contribution in [0.3, 0.4) is 0 Å². The van der Waals surface area contributed by atoms with Crippen molar-refractivity contribution < 1.29 is 19.4 Å². The second-order valence-corrected chi connectivity index (χ2v) is 6.89. The molecule has 6 nitrogen and oxygen atoms in total. The van der Waals surface area contributed by atoms with E-state index >= 15 is 0 Å². The lowest BCUT2D eigenvalue weighted by Crippen LogP contribution is -2.41. The van der Waals surface area contributed by atoms with Crippen LogP contribution in [0.15, 0.2) is 36.4 Å². The molecule has 1 aliphatic rings. The Morgan fingerprint density at radius 3 is 2.74 bits per heavy atom. The lowest BCUT2D eigenvalue weighted by atomic mass is 9.92. The number of pyridine rings is 1. The lowest BCUT2D eigenvalue weighted by molar-refractivity contribution is -0.143. The third-order valence-electron chi connectivity index (χ3n) is 5.09. The zero-order chi connectivity index (χ0) is 19.4. The molecule has 2 atom stereocenters. The molecule has 0 amide bonds. The first-order valence-corrected chi connectivity index (χ1v) is 9.15. The Kier molecular flexibility index (Phi) is 5.96. The van der Waals surface area contributed by atoms with E-state index in [-0.39, 0.29) is 12.0 Å². The van der Waals surface area contributed by atoms with E-state index in [2.05, 4.69) is 4.90 Å². The molecule has 3 rings (SSSR count). The van der Waals surface area contributed by atoms with Gasteiger partial charge in [-0.05, 0) is 56.6 Å². The van der Waals surface area contributed by atoms with Crippen molar-refractivity contribution in [2.45, 2.75) is 25.8 Å². The topological polar surface area (TPSA) is 71.9 Å². The van der Waals surface area contributed by atoms with Crippen LogP contribution in [0.1, 0.15) is 35.8 Å². The summed E-state index contributed by atoms with van der Waals surface area (Å²) in [6.45, 7) is 3.25. The van der Waals surface area contributed by atoms with Gasteiger partial charge in [-0.1, -0.05) is 6.07 Å². The Morgan fingerprint density at radius 2 is 2.07 bits per heavy atom. The summed E-state index contributed by atoms with van der Waals surface area (Å²) in [6, 6.07) is 11.4. The van der Waals surface area contributed by atoms with Crippen LogP contribution in [0.25, 0.3) is 0 Å². The van der Waals surface area contributed by atoms with Crippen LogP contribution in [-0.4, -0.2) is 48.3 Å². The zero-order valence-electron chi connectivity index (χ0n) is 16.0. The van der Waals surface area contributed by atoms with E-state index in [1.54, 1.807) is 14.2 Å². The molecular weight excluding hydrogens is 344 g/mol. The summed E-state index contributed by atoms with van der Waals surface area (Å²) < 4.78 is 11.0. The summed E-state index contributed by atoms with van der Waals surface area (Å²) in [4.78, 5) is 18.5. The van der Waals surface area contributed by atoms with Crippen LogP contribution in [0, 0.1) is 12.8 Å². The monoisotopic (exact) mass is 370 g/mol. The molecule has 2 heterocycles. The average Bonchev–Trinajstić information content (AvgIpc) is 2.68. The number of likely N-dealkylation sites (tertiary alicyclic amines) is 1. The molecule has 0 spiro atoms. The molecule has 1 saturated heterocycles. The smallest absolute Gasteiger partial charge is 0.307 e. The van der Waals surface area contributed by atoms with Crippen molar-refractivity contribution in [1.29, 1.82) is 0 Å². The maximum atomic E-state index is 11.6. The van der Waals surface area contributed by atoms with Gasteiger partial charge >= 0.3 is 5.97 Å². The van der Waals surface area contributed by atoms with Crippen LogP contribution in [0.5, 0.6) is 11.5 Å². The van der Waals surface area contributed by atoms with Crippen LogP contribution in [-0.2, 0) is 4.79 Å². The van der Waals surface area contributed by atoms with E-state index in [0.29, 0.717) is 13.0 Å². The third kappa shape index (κ3) is 4.22. The van der Waals surface area contributed by atoms with Crippen molar-refractivity contribution >= 4 is 5.97 Å². The van der Waals surface area contributed by atoms with Gasteiger partial charge in [0.2, 0.25) is 0 Å². The molecule has 1 aromatic heterocycles. The summed E-state index contributed by atoms with van der Waals surface area (Å²) in [6.07, 6.45) is 1.54. The molecule has 1 aliphatic heterocycles. The maximum Gasteiger partial charge on any atom is 0.307 e. The van der Waals surface area contributed by atoms with E-state index in [9.17, 15) is 9.90 Å². The number of carbonyl (C=O) groups is 1. The summed E-state index contributed by atoms with van der Waals surface area (Å²) >= 11 is 0. The highest BCUT2D eigenvalue weighted by Gasteiger charge is 2.33. The van der Waals surface area contributed by atoms with Crippen molar-refractivity contribution in [2.24, 2.45) is 5.92 Å². The number of hydrogen-bond acceptors (Lipinski definition) is 5. The van der Waals surface area contributed by atoms with Crippen molar-refractivity contribution in [3.05, 3.63) is 53.3 Å². The fourth-order valence-electron chi connectivity index (χ4n) is 3.76. The van der Waals surface area contributed by atoms with Gasteiger partial charge in [-0.25, -0.2) is 0 Å². The molecule has 0 radical (unpaired) electrons. The van der Waals surface area contributed by atoms with Gasteiger partial charge in [-0.2, -0.15) is 0 Å². The number of carboxylic acid groups (broad SMARTS) is 1. The number of carboxylic acids is 1. The number of aliphatic carboxylic acids is 1. The molecule has 6 heteroatoms. The largest absolute Gasteiger partial charge is 0.497 e. The Hall–Kier alpha value is -2.60. The van der Waals surface area contributed by atoms with Crippen LogP contribution < -0.4 is 9.47 Å². The number of nitrogens with zero attached hydrogens (tertiary/aromatic N) is 2. The van der Waals surface area contributed by atoms with E-state index < -0.39 is 5.97 Å². The van der Waals surface area contributed by atoms with Gasteiger partial charge in [-0.3, -0.25) is 14.7 Å². The molecule has 0 saturated carbocycles. The molecule has 1 aromatic carbocycles. The SMILES string of the molecule is COc1ccc(OC)c(C(c2cccc(C)n2)N2CCCC(C(=O)O)C2)c1. The predicted octanol–water partition coefficient (Wildman–Crippen LogP) is 3.29. The Morgan fingerprint density at radius 1 is 1.26 bits per heavy atom. The highest BCUT2D eigenvalue weighted by molar-refractivity contribution is 5.70. The third-order valence-corrected chi connectivity index (χ3v) is 5.09. The number of aryl methyl sites for hydroxylation is 1. The van der Waals surface area contributed by atoms with E-state index in [4.69, 9.17) is 14.5 Å². The second kappa shape index (κ2) is 8.39. The standard InChI is InChI=1S/C21H26N2O4/c1-14-6-4-8-18(22-14)20(23-11-5-7-15(13-23)21(24)25)17-12-16(26-2)9-10-19(17)27-3/h4,6,8-10,12,15,20H,5,7,11,13H2,1-3H3,(H,24,25). The van der Waals surface area contributed by atoms with E-state index in [1.807, 2.05) is 43.3 Å². The Balaban J connectivity index is 2.09. The summed E-state index contributed by atoms with van der Waals surface area (Å²) in [5.74, 6) is 0.354. The fourth-order valence-corrected chi connectivity index (χ4v) is 3.76. The summed E-state index contributed by atoms with van der Waals surface area (Å²) in [7, 11) is 3.27. The average molecular weight is 370 g/mol. The van der Waals surface area contributed by atoms with Gasteiger partial charge < -0.3 is 14.6 Å². The Labute approximate surface area is 159 Å². The fraction of sp³-hybridized carbons (Fsp3) is 0.429. The maximum absolute atomic E-state index is 11.6. The molecule has 2 unspecified atom stereocenters. The van der Waals surface area contributed by atoms with Crippen molar-refractivity contribution in [1.82, 2.24) is 9.88 Å². The first-order valence-electron chi connectivity index (χ1n) is 9.15. The van der Waals surface area contributed by atoms with Crippen LogP contribution in [0.2, 0.25) is 0 Å². The van der Waals surface area contributed by atoms with E-state index in [0.717, 1.165) is 41.4 Å². The molecule has 0 aliphatic carbocycles. The summed E-state index contributed by atoms with van der Waals surface area (Å²) in [5.41, 5.74) is 2.74. The van der Waals surface area contributed by atoms with Gasteiger partial charge in [0.25, 0.3) is 0 Å². The molecule has 27 heavy (non-hydrogen) atoms. The number of aromatic nitrogens is 1. The van der Waals surface area contributed by atoms with Crippen molar-refractivity contribution in [2.75, 3.05) is 27.3 Å². The minimum atomic E-state index is -0.742. The van der Waals surface area contributed by atoms with Gasteiger partial charge in [0.1, 0.15) is 11.5 Å². The van der Waals surface area contributed by atoms with Crippen molar-refractivity contribution in [3.8, 4) is 11.5 Å². The number of benzene rings is 1. The first-order chi connectivity index (χ1) is 13.0. The van der Waals surface area contributed by atoms with Gasteiger partial charge in [0, 0.05) is 17.8 Å². The number of methoxy groups -OCH3 is 2. The molecule has 1 N–H and O–H groups in total. The quantitative estimate of drug-likeness (QED) is 0.841. The lowest BCUT2D eigenvalue weighted by Gasteiger charge is -2.37. The highest BCUT2D eigenvalue weighted by atomic mass is 16.5. The summed E-state index contributed by atoms with van der Waals surface area (Å²) in [5, 5.41) is 9.52. The number of piperidine rings is 1. The predicted molar refractivity (Wildman–Crippen MR) is 102 cm³/mol.